The minimum absolute atomic E-state index is 0.0137. The molecule has 0 radical (unpaired) electrons. The van der Waals surface area contributed by atoms with Crippen molar-refractivity contribution < 1.29 is 14.6 Å². The number of phenols is 1. The minimum atomic E-state index is -0.273. The van der Waals surface area contributed by atoms with Gasteiger partial charge in [0.15, 0.2) is 5.82 Å². The van der Waals surface area contributed by atoms with Crippen molar-refractivity contribution in [2.45, 2.75) is 51.4 Å². The number of hydrogen-bond donors (Lipinski definition) is 2. The van der Waals surface area contributed by atoms with Crippen LogP contribution in [0.15, 0.2) is 78.9 Å². The Bertz CT molecular complexity index is 1410. The molecule has 1 aromatic heterocycles. The van der Waals surface area contributed by atoms with Gasteiger partial charge in [-0.2, -0.15) is 5.10 Å². The Morgan fingerprint density at radius 1 is 1.00 bits per heavy atom. The molecule has 2 N–H and O–H groups in total. The molecule has 1 aliphatic rings. The summed E-state index contributed by atoms with van der Waals surface area (Å²) in [6, 6.07) is 27.2. The van der Waals surface area contributed by atoms with Gasteiger partial charge >= 0.3 is 5.97 Å². The van der Waals surface area contributed by atoms with E-state index in [9.17, 15) is 9.90 Å². The fourth-order valence-electron chi connectivity index (χ4n) is 5.57. The molecule has 3 unspecified atom stereocenters. The number of aryl methyl sites for hydroxylation is 1. The Hall–Kier alpha value is -4.01. The second-order valence-corrected chi connectivity index (χ2v) is 10.6. The van der Waals surface area contributed by atoms with E-state index in [1.807, 2.05) is 24.3 Å². The maximum absolute atomic E-state index is 11.5. The van der Waals surface area contributed by atoms with Gasteiger partial charge in [0.25, 0.3) is 0 Å². The Kier molecular flexibility index (Phi) is 8.57. The molecule has 40 heavy (non-hydrogen) atoms. The molecular formula is C32H37N5O3. The average molecular weight is 540 g/mol. The monoisotopic (exact) mass is 539 g/mol. The second kappa shape index (κ2) is 12.4. The molecule has 1 saturated heterocycles. The van der Waals surface area contributed by atoms with E-state index in [1.165, 1.54) is 12.7 Å². The smallest absolute Gasteiger partial charge is 0.305 e. The van der Waals surface area contributed by atoms with Gasteiger partial charge in [0.1, 0.15) is 11.6 Å². The quantitative estimate of drug-likeness (QED) is 0.290. The first kappa shape index (κ1) is 27.6. The Morgan fingerprint density at radius 2 is 1.77 bits per heavy atom. The van der Waals surface area contributed by atoms with Crippen molar-refractivity contribution in [2.75, 3.05) is 20.2 Å². The Labute approximate surface area is 235 Å². The van der Waals surface area contributed by atoms with Crippen molar-refractivity contribution in [2.24, 2.45) is 0 Å². The maximum atomic E-state index is 11.5. The summed E-state index contributed by atoms with van der Waals surface area (Å²) < 4.78 is 4.72. The van der Waals surface area contributed by atoms with Crippen molar-refractivity contribution in [3.05, 3.63) is 101 Å². The average Bonchev–Trinajstić information content (AvgIpc) is 3.44. The van der Waals surface area contributed by atoms with Gasteiger partial charge in [0.2, 0.25) is 0 Å². The first-order valence-electron chi connectivity index (χ1n) is 13.8. The molecule has 1 fully saturated rings. The van der Waals surface area contributed by atoms with Gasteiger partial charge < -0.3 is 9.84 Å². The van der Waals surface area contributed by atoms with Gasteiger partial charge in [-0.15, -0.1) is 0 Å². The van der Waals surface area contributed by atoms with E-state index < -0.39 is 0 Å². The summed E-state index contributed by atoms with van der Waals surface area (Å²) in [6.07, 6.45) is 0.703. The van der Waals surface area contributed by atoms with Gasteiger partial charge in [-0.25, -0.2) is 4.98 Å². The standard InChI is InChI=1S/C32H37N5O3/c1-22-20-37(23(2)19-36(22)21-24-8-5-4-6-9-24)31(27-10-7-11-28(38)18-27)25-12-14-26(15-13-25)32-33-29(34-35-32)16-17-30(39)40-3/h4-15,18,22-23,31,38H,16-17,19-21H2,1-3H3,(H,33,34,35). The summed E-state index contributed by atoms with van der Waals surface area (Å²) in [5.74, 6) is 1.24. The summed E-state index contributed by atoms with van der Waals surface area (Å²) in [4.78, 5) is 21.1. The summed E-state index contributed by atoms with van der Waals surface area (Å²) >= 11 is 0. The number of nitrogens with one attached hydrogen (secondary N) is 1. The first-order chi connectivity index (χ1) is 19.4. The van der Waals surface area contributed by atoms with E-state index >= 15 is 0 Å². The van der Waals surface area contributed by atoms with Gasteiger partial charge in [0.05, 0.1) is 19.6 Å². The number of aromatic hydroxyl groups is 1. The van der Waals surface area contributed by atoms with Crippen LogP contribution in [0.5, 0.6) is 5.75 Å². The lowest BCUT2D eigenvalue weighted by atomic mass is 9.92. The van der Waals surface area contributed by atoms with Crippen LogP contribution in [-0.2, 0) is 22.5 Å². The molecule has 0 amide bonds. The van der Waals surface area contributed by atoms with Crippen LogP contribution in [0, 0.1) is 0 Å². The molecule has 5 rings (SSSR count). The highest BCUT2D eigenvalue weighted by Crippen LogP contribution is 2.35. The number of ether oxygens (including phenoxy) is 1. The third-order valence-corrected chi connectivity index (χ3v) is 7.72. The van der Waals surface area contributed by atoms with Crippen LogP contribution in [0.1, 0.15) is 48.8 Å². The van der Waals surface area contributed by atoms with Crippen LogP contribution < -0.4 is 0 Å². The van der Waals surface area contributed by atoms with E-state index in [-0.39, 0.29) is 24.2 Å². The number of rotatable bonds is 9. The lowest BCUT2D eigenvalue weighted by molar-refractivity contribution is -0.140. The van der Waals surface area contributed by atoms with Gasteiger partial charge in [-0.3, -0.25) is 19.7 Å². The molecular weight excluding hydrogens is 502 g/mol. The maximum Gasteiger partial charge on any atom is 0.305 e. The molecule has 0 bridgehead atoms. The topological polar surface area (TPSA) is 94.6 Å². The van der Waals surface area contributed by atoms with Crippen molar-refractivity contribution in [1.29, 1.82) is 0 Å². The molecule has 2 heterocycles. The van der Waals surface area contributed by atoms with Crippen LogP contribution in [0.4, 0.5) is 0 Å². The fraction of sp³-hybridized carbons (Fsp3) is 0.344. The van der Waals surface area contributed by atoms with Crippen molar-refractivity contribution in [3.63, 3.8) is 0 Å². The molecule has 8 heteroatoms. The fourth-order valence-corrected chi connectivity index (χ4v) is 5.57. The normalized spacial score (nSPS) is 18.9. The highest BCUT2D eigenvalue weighted by Gasteiger charge is 2.35. The van der Waals surface area contributed by atoms with Crippen LogP contribution >= 0.6 is 0 Å². The van der Waals surface area contributed by atoms with Gasteiger partial charge in [-0.05, 0) is 42.7 Å². The van der Waals surface area contributed by atoms with Crippen LogP contribution in [0.3, 0.4) is 0 Å². The van der Waals surface area contributed by atoms with E-state index in [0.29, 0.717) is 30.2 Å². The van der Waals surface area contributed by atoms with E-state index in [1.54, 1.807) is 6.07 Å². The number of piperazine rings is 1. The number of carbonyl (C=O) groups is 1. The Morgan fingerprint density at radius 3 is 2.50 bits per heavy atom. The predicted octanol–water partition coefficient (Wildman–Crippen LogP) is 4.97. The molecule has 3 atom stereocenters. The molecule has 0 spiro atoms. The van der Waals surface area contributed by atoms with Crippen molar-refractivity contribution >= 4 is 5.97 Å². The lowest BCUT2D eigenvalue weighted by Gasteiger charge is -2.47. The van der Waals surface area contributed by atoms with Crippen LogP contribution in [0.25, 0.3) is 11.4 Å². The number of aromatic amines is 1. The third-order valence-electron chi connectivity index (χ3n) is 7.72. The van der Waals surface area contributed by atoms with Crippen molar-refractivity contribution in [1.82, 2.24) is 25.0 Å². The lowest BCUT2D eigenvalue weighted by Crippen LogP contribution is -2.56. The summed E-state index contributed by atoms with van der Waals surface area (Å²) in [5, 5.41) is 17.6. The SMILES string of the molecule is COC(=O)CCc1nc(-c2ccc(C(c3cccc(O)c3)N3CC(C)N(Cc4ccccc4)CC3C)cc2)n[nH]1. The zero-order chi connectivity index (χ0) is 28.1. The zero-order valence-electron chi connectivity index (χ0n) is 23.3. The van der Waals surface area contributed by atoms with E-state index in [2.05, 4.69) is 87.4 Å². The second-order valence-electron chi connectivity index (χ2n) is 10.6. The number of H-pyrrole nitrogens is 1. The highest BCUT2D eigenvalue weighted by molar-refractivity contribution is 5.69. The number of phenolic OH excluding ortho intramolecular Hbond substituents is 1. The predicted molar refractivity (Wildman–Crippen MR) is 155 cm³/mol. The number of aromatic nitrogens is 3. The third kappa shape index (κ3) is 6.41. The Balaban J connectivity index is 1.37. The van der Waals surface area contributed by atoms with Gasteiger partial charge in [-0.1, -0.05) is 66.7 Å². The molecule has 4 aromatic rings. The van der Waals surface area contributed by atoms with Gasteiger partial charge in [0, 0.05) is 43.7 Å². The number of benzene rings is 3. The number of nitrogens with zero attached hydrogens (tertiary/aromatic N) is 4. The van der Waals surface area contributed by atoms with E-state index in [4.69, 9.17) is 4.74 Å². The van der Waals surface area contributed by atoms with E-state index in [0.717, 1.165) is 36.3 Å². The summed E-state index contributed by atoms with van der Waals surface area (Å²) in [6.45, 7) is 7.38. The number of methoxy groups -OCH3 is 1. The molecule has 0 aliphatic carbocycles. The molecule has 3 aromatic carbocycles. The van der Waals surface area contributed by atoms with Crippen molar-refractivity contribution in [3.8, 4) is 17.1 Å². The molecule has 8 nitrogen and oxygen atoms in total. The van der Waals surface area contributed by atoms with Crippen LogP contribution in [0.2, 0.25) is 0 Å². The number of carbonyl (C=O) groups excluding carboxylic acids is 1. The zero-order valence-corrected chi connectivity index (χ0v) is 23.3. The summed E-state index contributed by atoms with van der Waals surface area (Å²) in [5.41, 5.74) is 4.43. The summed E-state index contributed by atoms with van der Waals surface area (Å²) in [7, 11) is 1.38. The number of hydrogen-bond acceptors (Lipinski definition) is 7. The minimum Gasteiger partial charge on any atom is -0.508 e. The number of esters is 1. The first-order valence-corrected chi connectivity index (χ1v) is 13.8. The molecule has 1 aliphatic heterocycles. The molecule has 0 saturated carbocycles. The van der Waals surface area contributed by atoms with Crippen LogP contribution in [-0.4, -0.2) is 68.3 Å². The molecule has 208 valence electrons. The highest BCUT2D eigenvalue weighted by atomic mass is 16.5. The largest absolute Gasteiger partial charge is 0.508 e.